The molecule has 4 heterocycles. The molecule has 0 saturated carbocycles. The number of halogens is 1. The Morgan fingerprint density at radius 2 is 2.03 bits per heavy atom. The van der Waals surface area contributed by atoms with Crippen LogP contribution in [0.25, 0.3) is 11.2 Å². The van der Waals surface area contributed by atoms with E-state index in [1.807, 2.05) is 6.92 Å². The van der Waals surface area contributed by atoms with Crippen LogP contribution in [0.2, 0.25) is 5.02 Å². The van der Waals surface area contributed by atoms with E-state index in [-0.39, 0.29) is 11.8 Å². The number of aromatic amines is 1. The van der Waals surface area contributed by atoms with Gasteiger partial charge < -0.3 is 9.88 Å². The second-order valence-corrected chi connectivity index (χ2v) is 8.86. The van der Waals surface area contributed by atoms with Crippen LogP contribution >= 0.6 is 11.6 Å². The van der Waals surface area contributed by atoms with Crippen LogP contribution in [-0.2, 0) is 24.9 Å². The summed E-state index contributed by atoms with van der Waals surface area (Å²) in [6.45, 7) is 4.57. The lowest BCUT2D eigenvalue weighted by Crippen LogP contribution is -2.38. The Bertz CT molecular complexity index is 1250. The van der Waals surface area contributed by atoms with E-state index in [1.54, 1.807) is 28.3 Å². The van der Waals surface area contributed by atoms with Crippen LogP contribution in [0.1, 0.15) is 38.4 Å². The topological polar surface area (TPSA) is 118 Å². The zero-order chi connectivity index (χ0) is 23.5. The molecule has 3 aromatic heterocycles. The van der Waals surface area contributed by atoms with Crippen molar-refractivity contribution in [1.29, 1.82) is 0 Å². The normalized spacial score (nSPS) is 15.2. The zero-order valence-corrected chi connectivity index (χ0v) is 19.6. The molecule has 11 heteroatoms. The van der Waals surface area contributed by atoms with Gasteiger partial charge in [-0.05, 0) is 44.5 Å². The average Bonchev–Trinajstić information content (AvgIpc) is 3.12. The molecule has 10 nitrogen and oxygen atoms in total. The summed E-state index contributed by atoms with van der Waals surface area (Å²) in [5, 5.41) is 3.37. The number of hydrogen-bond donors (Lipinski definition) is 2. The molecule has 0 unspecified atom stereocenters. The number of amides is 1. The summed E-state index contributed by atoms with van der Waals surface area (Å²) >= 11 is 5.84. The van der Waals surface area contributed by atoms with Gasteiger partial charge in [0.25, 0.3) is 5.56 Å². The number of nitrogens with one attached hydrogen (secondary N) is 2. The molecule has 1 saturated heterocycles. The third-order valence-electron chi connectivity index (χ3n) is 6.14. The van der Waals surface area contributed by atoms with Crippen molar-refractivity contribution in [2.45, 2.75) is 45.7 Å². The molecular weight excluding hydrogens is 446 g/mol. The van der Waals surface area contributed by atoms with Crippen molar-refractivity contribution in [2.24, 2.45) is 13.0 Å². The Labute approximate surface area is 195 Å². The number of carbonyl (C=O) groups excluding carboxylic acids is 1. The van der Waals surface area contributed by atoms with Gasteiger partial charge in [-0.15, -0.1) is 0 Å². The van der Waals surface area contributed by atoms with Crippen molar-refractivity contribution in [2.75, 3.05) is 18.4 Å². The number of aromatic nitrogens is 5. The van der Waals surface area contributed by atoms with Crippen molar-refractivity contribution in [3.05, 3.63) is 50.0 Å². The Balaban J connectivity index is 1.43. The number of aryl methyl sites for hydroxylation is 2. The quantitative estimate of drug-likeness (QED) is 0.542. The van der Waals surface area contributed by atoms with Gasteiger partial charge >= 0.3 is 5.69 Å². The molecule has 0 radical (unpaired) electrons. The molecule has 1 aliphatic heterocycles. The fraction of sp³-hybridized carbons (Fsp3) is 0.500. The van der Waals surface area contributed by atoms with Crippen molar-refractivity contribution in [3.8, 4) is 0 Å². The molecule has 0 aromatic carbocycles. The first kappa shape index (κ1) is 23.2. The smallest absolute Gasteiger partial charge is 0.324 e. The molecule has 0 bridgehead atoms. The number of unbranched alkanes of at least 4 members (excludes halogenated alkanes) is 1. The molecule has 176 valence electrons. The Morgan fingerprint density at radius 3 is 2.70 bits per heavy atom. The van der Waals surface area contributed by atoms with E-state index in [4.69, 9.17) is 11.6 Å². The van der Waals surface area contributed by atoms with Crippen LogP contribution in [0.4, 0.5) is 5.82 Å². The summed E-state index contributed by atoms with van der Waals surface area (Å²) in [5.74, 6) is 1.07. The van der Waals surface area contributed by atoms with E-state index in [1.165, 1.54) is 6.20 Å². The minimum atomic E-state index is -0.424. The van der Waals surface area contributed by atoms with E-state index in [0.29, 0.717) is 47.9 Å². The lowest BCUT2D eigenvalue weighted by Gasteiger charge is -2.30. The number of nitrogens with zero attached hydrogens (tertiary/aromatic N) is 5. The Morgan fingerprint density at radius 1 is 1.27 bits per heavy atom. The molecular formula is C22H28ClN7O3. The van der Waals surface area contributed by atoms with Gasteiger partial charge in [-0.2, -0.15) is 0 Å². The van der Waals surface area contributed by atoms with E-state index < -0.39 is 11.2 Å². The first-order valence-electron chi connectivity index (χ1n) is 11.2. The van der Waals surface area contributed by atoms with Crippen molar-refractivity contribution in [3.63, 3.8) is 0 Å². The molecule has 0 spiro atoms. The number of imidazole rings is 1. The molecule has 3 aromatic rings. The summed E-state index contributed by atoms with van der Waals surface area (Å²) in [6.07, 6.45) is 4.69. The summed E-state index contributed by atoms with van der Waals surface area (Å²) in [7, 11) is 1.80. The van der Waals surface area contributed by atoms with Gasteiger partial charge in [0, 0.05) is 25.7 Å². The van der Waals surface area contributed by atoms with E-state index in [9.17, 15) is 14.4 Å². The number of H-pyrrole nitrogens is 1. The van der Waals surface area contributed by atoms with Crippen LogP contribution in [0.15, 0.2) is 27.9 Å². The molecule has 4 rings (SSSR count). The van der Waals surface area contributed by atoms with Gasteiger partial charge in [-0.3, -0.25) is 24.0 Å². The van der Waals surface area contributed by atoms with Crippen LogP contribution in [0.3, 0.4) is 0 Å². The van der Waals surface area contributed by atoms with Crippen LogP contribution in [-0.4, -0.2) is 48.0 Å². The molecule has 2 N–H and O–H groups in total. The van der Waals surface area contributed by atoms with Crippen LogP contribution in [0.5, 0.6) is 0 Å². The fourth-order valence-electron chi connectivity index (χ4n) is 4.19. The highest BCUT2D eigenvalue weighted by molar-refractivity contribution is 6.30. The van der Waals surface area contributed by atoms with Gasteiger partial charge in [0.15, 0.2) is 11.2 Å². The highest BCUT2D eigenvalue weighted by atomic mass is 35.5. The second-order valence-electron chi connectivity index (χ2n) is 8.43. The lowest BCUT2D eigenvalue weighted by atomic mass is 9.96. The van der Waals surface area contributed by atoms with Crippen molar-refractivity contribution in [1.82, 2.24) is 29.0 Å². The number of carbonyl (C=O) groups is 1. The first-order chi connectivity index (χ1) is 15.9. The van der Waals surface area contributed by atoms with Crippen molar-refractivity contribution < 1.29 is 4.79 Å². The summed E-state index contributed by atoms with van der Waals surface area (Å²) in [4.78, 5) is 50.8. The number of likely N-dealkylation sites (tertiary alicyclic amines) is 1. The zero-order valence-electron chi connectivity index (χ0n) is 18.8. The minimum absolute atomic E-state index is 0.0429. The summed E-state index contributed by atoms with van der Waals surface area (Å²) < 4.78 is 3.31. The SMILES string of the molecule is CCCCn1c(=O)[nH]c(=O)c2c1nc(CN1CCC(C(=O)Nc3ccc(Cl)cn3)CC1)n2C. The number of piperidine rings is 1. The van der Waals surface area contributed by atoms with Gasteiger partial charge in [-0.25, -0.2) is 14.8 Å². The van der Waals surface area contributed by atoms with Crippen molar-refractivity contribution >= 4 is 34.5 Å². The third kappa shape index (κ3) is 5.01. The van der Waals surface area contributed by atoms with Gasteiger partial charge in [0.05, 0.1) is 11.6 Å². The molecule has 0 aliphatic carbocycles. The Kier molecular flexibility index (Phi) is 6.94. The average molecular weight is 474 g/mol. The highest BCUT2D eigenvalue weighted by Crippen LogP contribution is 2.21. The molecule has 33 heavy (non-hydrogen) atoms. The van der Waals surface area contributed by atoms with Crippen LogP contribution in [0, 0.1) is 5.92 Å². The maximum atomic E-state index is 12.6. The molecule has 0 atom stereocenters. The predicted molar refractivity (Wildman–Crippen MR) is 126 cm³/mol. The fourth-order valence-corrected chi connectivity index (χ4v) is 4.30. The second kappa shape index (κ2) is 9.88. The minimum Gasteiger partial charge on any atom is -0.324 e. The van der Waals surface area contributed by atoms with Gasteiger partial charge in [-0.1, -0.05) is 24.9 Å². The molecule has 1 aliphatic rings. The maximum absolute atomic E-state index is 12.6. The number of rotatable bonds is 7. The van der Waals surface area contributed by atoms with Gasteiger partial charge in [0.1, 0.15) is 11.6 Å². The highest BCUT2D eigenvalue weighted by Gasteiger charge is 2.26. The summed E-state index contributed by atoms with van der Waals surface area (Å²) in [5.41, 5.74) is -0.00681. The number of anilines is 1. The van der Waals surface area contributed by atoms with Gasteiger partial charge in [0.2, 0.25) is 5.91 Å². The van der Waals surface area contributed by atoms with E-state index in [2.05, 4.69) is 25.2 Å². The standard InChI is InChI=1S/C22H28ClN7O3/c1-3-4-9-30-19-18(21(32)27-22(30)33)28(2)17(26-19)13-29-10-7-14(8-11-29)20(31)25-16-6-5-15(23)12-24-16/h5-6,12,14H,3-4,7-11,13H2,1-2H3,(H,24,25,31)(H,27,32,33). The summed E-state index contributed by atoms with van der Waals surface area (Å²) in [6, 6.07) is 3.37. The predicted octanol–water partition coefficient (Wildman–Crippen LogP) is 2.12. The third-order valence-corrected chi connectivity index (χ3v) is 6.37. The van der Waals surface area contributed by atoms with E-state index in [0.717, 1.165) is 31.8 Å². The first-order valence-corrected chi connectivity index (χ1v) is 11.6. The monoisotopic (exact) mass is 473 g/mol. The maximum Gasteiger partial charge on any atom is 0.330 e. The largest absolute Gasteiger partial charge is 0.330 e. The number of fused-ring (bicyclic) bond motifs is 1. The van der Waals surface area contributed by atoms with Crippen LogP contribution < -0.4 is 16.6 Å². The number of hydrogen-bond acceptors (Lipinski definition) is 6. The van der Waals surface area contributed by atoms with E-state index >= 15 is 0 Å². The molecule has 1 fully saturated rings. The Hall–Kier alpha value is -2.98. The lowest BCUT2D eigenvalue weighted by molar-refractivity contribution is -0.121. The number of pyridine rings is 1. The molecule has 1 amide bonds.